The summed E-state index contributed by atoms with van der Waals surface area (Å²) in [6.45, 7) is 4.62. The molecular formula is C18H28N4O. The minimum atomic E-state index is 0.241. The maximum absolute atomic E-state index is 9.84. The number of phenols is 1. The number of phenolic OH excluding ortho intramolecular Hbond substituents is 1. The predicted octanol–water partition coefficient (Wildman–Crippen LogP) is 2.14. The first-order valence-corrected chi connectivity index (χ1v) is 8.50. The summed E-state index contributed by atoms with van der Waals surface area (Å²) >= 11 is 0. The number of nitrogens with one attached hydrogen (secondary N) is 2. The summed E-state index contributed by atoms with van der Waals surface area (Å²) in [7, 11) is 0. The van der Waals surface area contributed by atoms with E-state index >= 15 is 0 Å². The van der Waals surface area contributed by atoms with E-state index in [2.05, 4.69) is 15.6 Å². The molecule has 1 aromatic carbocycles. The number of aromatic hydroxyl groups is 1. The van der Waals surface area contributed by atoms with Crippen LogP contribution < -0.4 is 16.4 Å². The number of hydrogen-bond donors (Lipinski definition) is 4. The number of aromatic nitrogens is 1. The third-order valence-corrected chi connectivity index (χ3v) is 3.83. The van der Waals surface area contributed by atoms with Gasteiger partial charge in [-0.2, -0.15) is 0 Å². The lowest BCUT2D eigenvalue weighted by molar-refractivity contribution is 0.480. The number of benzene rings is 1. The van der Waals surface area contributed by atoms with Gasteiger partial charge in [-0.15, -0.1) is 0 Å². The van der Waals surface area contributed by atoms with Crippen molar-refractivity contribution in [2.75, 3.05) is 26.2 Å². The van der Waals surface area contributed by atoms with Crippen LogP contribution in [-0.2, 0) is 6.54 Å². The second kappa shape index (κ2) is 10.2. The highest BCUT2D eigenvalue weighted by Crippen LogP contribution is 2.22. The molecule has 0 bridgehead atoms. The third-order valence-electron chi connectivity index (χ3n) is 3.83. The molecule has 0 fully saturated rings. The third kappa shape index (κ3) is 6.14. The number of fused-ring (bicyclic) bond motifs is 1. The molecule has 2 aromatic rings. The first kappa shape index (κ1) is 17.7. The average Bonchev–Trinajstić information content (AvgIpc) is 2.57. The molecule has 0 amide bonds. The first-order valence-electron chi connectivity index (χ1n) is 8.50. The molecule has 0 saturated heterocycles. The molecule has 0 unspecified atom stereocenters. The zero-order valence-corrected chi connectivity index (χ0v) is 13.7. The van der Waals surface area contributed by atoms with Gasteiger partial charge in [-0.25, -0.2) is 4.98 Å². The Morgan fingerprint density at radius 3 is 2.43 bits per heavy atom. The number of rotatable bonds is 11. The van der Waals surface area contributed by atoms with Crippen molar-refractivity contribution >= 4 is 10.9 Å². The Kier molecular flexibility index (Phi) is 7.80. The molecule has 126 valence electrons. The van der Waals surface area contributed by atoms with Gasteiger partial charge in [-0.1, -0.05) is 18.2 Å². The van der Waals surface area contributed by atoms with Gasteiger partial charge in [-0.05, 0) is 64.0 Å². The monoisotopic (exact) mass is 316 g/mol. The second-order valence-electron chi connectivity index (χ2n) is 5.78. The fourth-order valence-corrected chi connectivity index (χ4v) is 2.51. The van der Waals surface area contributed by atoms with Crippen molar-refractivity contribution in [3.05, 3.63) is 36.0 Å². The van der Waals surface area contributed by atoms with Gasteiger partial charge in [0.2, 0.25) is 0 Å². The van der Waals surface area contributed by atoms with E-state index in [1.54, 1.807) is 6.07 Å². The number of para-hydroxylation sites is 1. The van der Waals surface area contributed by atoms with E-state index < -0.39 is 0 Å². The van der Waals surface area contributed by atoms with Gasteiger partial charge < -0.3 is 21.5 Å². The van der Waals surface area contributed by atoms with Gasteiger partial charge in [0, 0.05) is 11.9 Å². The summed E-state index contributed by atoms with van der Waals surface area (Å²) < 4.78 is 0. The van der Waals surface area contributed by atoms with Crippen LogP contribution in [0.25, 0.3) is 10.9 Å². The summed E-state index contributed by atoms with van der Waals surface area (Å²) in [4.78, 5) is 4.52. The Bertz CT molecular complexity index is 588. The predicted molar refractivity (Wildman–Crippen MR) is 95.5 cm³/mol. The van der Waals surface area contributed by atoms with Crippen molar-refractivity contribution in [2.24, 2.45) is 5.73 Å². The van der Waals surface area contributed by atoms with Crippen LogP contribution in [0.5, 0.6) is 5.75 Å². The maximum atomic E-state index is 9.84. The average molecular weight is 316 g/mol. The Balaban J connectivity index is 1.60. The van der Waals surface area contributed by atoms with Gasteiger partial charge in [0.1, 0.15) is 11.3 Å². The van der Waals surface area contributed by atoms with Gasteiger partial charge in [0.05, 0.1) is 5.69 Å². The summed E-state index contributed by atoms with van der Waals surface area (Å²) in [5, 5.41) is 17.7. The molecule has 0 saturated carbocycles. The van der Waals surface area contributed by atoms with E-state index in [1.165, 1.54) is 6.42 Å². The van der Waals surface area contributed by atoms with E-state index in [9.17, 15) is 5.11 Å². The minimum absolute atomic E-state index is 0.241. The quantitative estimate of drug-likeness (QED) is 0.477. The Labute approximate surface area is 138 Å². The van der Waals surface area contributed by atoms with Crippen molar-refractivity contribution in [2.45, 2.75) is 32.2 Å². The van der Waals surface area contributed by atoms with Crippen LogP contribution in [0.4, 0.5) is 0 Å². The fourth-order valence-electron chi connectivity index (χ4n) is 2.51. The lowest BCUT2D eigenvalue weighted by Gasteiger charge is -2.07. The molecule has 0 aliphatic rings. The number of hydrogen-bond acceptors (Lipinski definition) is 5. The van der Waals surface area contributed by atoms with Crippen LogP contribution >= 0.6 is 0 Å². The fraction of sp³-hybridized carbons (Fsp3) is 0.500. The van der Waals surface area contributed by atoms with Crippen molar-refractivity contribution < 1.29 is 5.11 Å². The number of nitrogens with two attached hydrogens (primary N) is 1. The van der Waals surface area contributed by atoms with Crippen molar-refractivity contribution in [3.63, 3.8) is 0 Å². The normalized spacial score (nSPS) is 11.2. The standard InChI is InChI=1S/C18H28N4O/c19-10-1-2-11-20-12-3-4-13-21-14-16-9-8-15-6-5-7-17(23)18(15)22-16/h5-9,20-21,23H,1-4,10-14,19H2. The molecule has 23 heavy (non-hydrogen) atoms. The molecule has 5 nitrogen and oxygen atoms in total. The highest BCUT2D eigenvalue weighted by atomic mass is 16.3. The highest BCUT2D eigenvalue weighted by Gasteiger charge is 2.02. The molecule has 5 heteroatoms. The highest BCUT2D eigenvalue weighted by molar-refractivity contribution is 5.84. The van der Waals surface area contributed by atoms with Crippen LogP contribution in [0.15, 0.2) is 30.3 Å². The molecule has 1 heterocycles. The molecule has 5 N–H and O–H groups in total. The van der Waals surface area contributed by atoms with E-state index in [0.717, 1.165) is 63.1 Å². The van der Waals surface area contributed by atoms with Crippen LogP contribution in [0.3, 0.4) is 0 Å². The summed E-state index contributed by atoms with van der Waals surface area (Å²) in [5.41, 5.74) is 7.09. The summed E-state index contributed by atoms with van der Waals surface area (Å²) in [6.07, 6.45) is 4.57. The molecule has 0 spiro atoms. The molecule has 0 atom stereocenters. The molecule has 2 rings (SSSR count). The molecule has 0 aliphatic heterocycles. The van der Waals surface area contributed by atoms with Crippen molar-refractivity contribution in [3.8, 4) is 5.75 Å². The molecule has 1 aromatic heterocycles. The van der Waals surface area contributed by atoms with Crippen molar-refractivity contribution in [1.29, 1.82) is 0 Å². The van der Waals surface area contributed by atoms with Crippen LogP contribution in [0, 0.1) is 0 Å². The number of nitrogens with zero attached hydrogens (tertiary/aromatic N) is 1. The van der Waals surface area contributed by atoms with Gasteiger partial charge in [-0.3, -0.25) is 0 Å². The number of pyridine rings is 1. The van der Waals surface area contributed by atoms with E-state index in [4.69, 9.17) is 5.73 Å². The van der Waals surface area contributed by atoms with Gasteiger partial charge in [0.25, 0.3) is 0 Å². The molecule has 0 radical (unpaired) electrons. The van der Waals surface area contributed by atoms with E-state index in [-0.39, 0.29) is 5.75 Å². The topological polar surface area (TPSA) is 83.2 Å². The zero-order valence-electron chi connectivity index (χ0n) is 13.7. The summed E-state index contributed by atoms with van der Waals surface area (Å²) in [6, 6.07) is 9.48. The van der Waals surface area contributed by atoms with Crippen LogP contribution in [0.2, 0.25) is 0 Å². The van der Waals surface area contributed by atoms with Gasteiger partial charge in [0.15, 0.2) is 0 Å². The second-order valence-corrected chi connectivity index (χ2v) is 5.78. The Morgan fingerprint density at radius 2 is 1.65 bits per heavy atom. The Morgan fingerprint density at radius 1 is 0.913 bits per heavy atom. The maximum Gasteiger partial charge on any atom is 0.141 e. The van der Waals surface area contributed by atoms with E-state index in [1.807, 2.05) is 24.3 Å². The molecule has 0 aliphatic carbocycles. The van der Waals surface area contributed by atoms with Crippen LogP contribution in [0.1, 0.15) is 31.4 Å². The largest absolute Gasteiger partial charge is 0.506 e. The van der Waals surface area contributed by atoms with Crippen molar-refractivity contribution in [1.82, 2.24) is 15.6 Å². The minimum Gasteiger partial charge on any atom is -0.506 e. The smallest absolute Gasteiger partial charge is 0.141 e. The van der Waals surface area contributed by atoms with E-state index in [0.29, 0.717) is 5.52 Å². The Hall–Kier alpha value is -1.69. The molecular weight excluding hydrogens is 288 g/mol. The SMILES string of the molecule is NCCCCNCCCCNCc1ccc2cccc(O)c2n1. The summed E-state index contributed by atoms with van der Waals surface area (Å²) in [5.74, 6) is 0.241. The lowest BCUT2D eigenvalue weighted by atomic mass is 10.2. The lowest BCUT2D eigenvalue weighted by Crippen LogP contribution is -2.20. The zero-order chi connectivity index (χ0) is 16.3. The van der Waals surface area contributed by atoms with Gasteiger partial charge >= 0.3 is 0 Å². The first-order chi connectivity index (χ1) is 11.3. The van der Waals surface area contributed by atoms with Crippen LogP contribution in [-0.4, -0.2) is 36.3 Å². The number of unbranched alkanes of at least 4 members (excludes halogenated alkanes) is 2.